The number of hydrogen-bond donors (Lipinski definition) is 1. The minimum absolute atomic E-state index is 0.0242. The summed E-state index contributed by atoms with van der Waals surface area (Å²) >= 11 is 0. The zero-order valence-corrected chi connectivity index (χ0v) is 17.2. The van der Waals surface area contributed by atoms with Crippen LogP contribution in [0, 0.1) is 0 Å². The van der Waals surface area contributed by atoms with Gasteiger partial charge in [0.15, 0.2) is 0 Å². The summed E-state index contributed by atoms with van der Waals surface area (Å²) in [4.78, 5) is 36.7. The van der Waals surface area contributed by atoms with E-state index in [4.69, 9.17) is 4.74 Å². The van der Waals surface area contributed by atoms with Gasteiger partial charge in [-0.2, -0.15) is 0 Å². The van der Waals surface area contributed by atoms with E-state index in [1.54, 1.807) is 0 Å². The molecular weight excluding hydrogens is 344 g/mol. The molecule has 1 fully saturated rings. The van der Waals surface area contributed by atoms with E-state index < -0.39 is 5.60 Å². The molecule has 3 heterocycles. The van der Waals surface area contributed by atoms with Crippen LogP contribution in [0.1, 0.15) is 70.5 Å². The van der Waals surface area contributed by atoms with Crippen molar-refractivity contribution >= 4 is 6.09 Å². The maximum absolute atomic E-state index is 12.5. The molecular formula is C20H32N4O3. The number of amides is 1. The molecule has 1 N–H and O–H groups in total. The van der Waals surface area contributed by atoms with Crippen molar-refractivity contribution < 1.29 is 9.53 Å². The highest BCUT2D eigenvalue weighted by atomic mass is 16.6. The van der Waals surface area contributed by atoms with Crippen LogP contribution in [0.3, 0.4) is 0 Å². The molecule has 0 saturated carbocycles. The second-order valence-electron chi connectivity index (χ2n) is 8.99. The number of nitrogens with zero attached hydrogens (tertiary/aromatic N) is 3. The average Bonchev–Trinajstić information content (AvgIpc) is 3.02. The first kappa shape index (κ1) is 19.9. The predicted molar refractivity (Wildman–Crippen MR) is 104 cm³/mol. The van der Waals surface area contributed by atoms with Crippen LogP contribution >= 0.6 is 0 Å². The van der Waals surface area contributed by atoms with E-state index in [0.29, 0.717) is 6.54 Å². The summed E-state index contributed by atoms with van der Waals surface area (Å²) in [7, 11) is 0. The number of ether oxygens (including phenoxy) is 1. The topological polar surface area (TPSA) is 78.5 Å². The quantitative estimate of drug-likeness (QED) is 0.877. The maximum atomic E-state index is 12.5. The number of carbonyl (C=O) groups excluding carboxylic acids is 1. The van der Waals surface area contributed by atoms with Crippen LogP contribution in [0.5, 0.6) is 0 Å². The Morgan fingerprint density at radius 1 is 1.33 bits per heavy atom. The van der Waals surface area contributed by atoms with Crippen LogP contribution in [0.15, 0.2) is 4.79 Å². The van der Waals surface area contributed by atoms with Crippen molar-refractivity contribution in [1.82, 2.24) is 19.8 Å². The van der Waals surface area contributed by atoms with E-state index in [1.165, 1.54) is 0 Å². The standard InChI is InChI=1S/C20H32N4O3/c1-13(2)17-21-16-8-10-23(12-15(16)18(25)22-17)11-14-7-6-9-24(14)19(26)27-20(3,4)5/h13-14H,6-12H2,1-5H3,(H,21,22,25). The first-order chi connectivity index (χ1) is 12.6. The Morgan fingerprint density at radius 2 is 2.07 bits per heavy atom. The highest BCUT2D eigenvalue weighted by molar-refractivity contribution is 5.69. The van der Waals surface area contributed by atoms with Crippen molar-refractivity contribution in [2.75, 3.05) is 19.6 Å². The number of rotatable bonds is 3. The van der Waals surface area contributed by atoms with Crippen molar-refractivity contribution in [1.29, 1.82) is 0 Å². The molecule has 0 bridgehead atoms. The zero-order chi connectivity index (χ0) is 19.8. The highest BCUT2D eigenvalue weighted by Crippen LogP contribution is 2.24. The van der Waals surface area contributed by atoms with Crippen LogP contribution in [-0.4, -0.2) is 57.1 Å². The number of carbonyl (C=O) groups is 1. The van der Waals surface area contributed by atoms with Crippen LogP contribution in [0.25, 0.3) is 0 Å². The lowest BCUT2D eigenvalue weighted by Gasteiger charge is -2.34. The minimum atomic E-state index is -0.485. The van der Waals surface area contributed by atoms with Crippen LogP contribution < -0.4 is 5.56 Å². The summed E-state index contributed by atoms with van der Waals surface area (Å²) in [6.45, 7) is 12.7. The highest BCUT2D eigenvalue weighted by Gasteiger charge is 2.34. The lowest BCUT2D eigenvalue weighted by Crippen LogP contribution is -2.47. The average molecular weight is 377 g/mol. The molecule has 7 nitrogen and oxygen atoms in total. The summed E-state index contributed by atoms with van der Waals surface area (Å²) < 4.78 is 5.56. The van der Waals surface area contributed by atoms with E-state index in [1.807, 2.05) is 39.5 Å². The lowest BCUT2D eigenvalue weighted by molar-refractivity contribution is 0.0192. The monoisotopic (exact) mass is 376 g/mol. The van der Waals surface area contributed by atoms with Crippen LogP contribution in [-0.2, 0) is 17.7 Å². The molecule has 1 saturated heterocycles. The molecule has 150 valence electrons. The molecule has 0 spiro atoms. The van der Waals surface area contributed by atoms with Gasteiger partial charge in [0.05, 0.1) is 11.3 Å². The van der Waals surface area contributed by atoms with Gasteiger partial charge in [-0.15, -0.1) is 0 Å². The molecule has 27 heavy (non-hydrogen) atoms. The third-order valence-corrected chi connectivity index (χ3v) is 5.19. The van der Waals surface area contributed by atoms with E-state index in [0.717, 1.165) is 56.0 Å². The number of aromatic nitrogens is 2. The number of fused-ring (bicyclic) bond motifs is 1. The molecule has 1 atom stereocenters. The number of likely N-dealkylation sites (tertiary alicyclic amines) is 1. The molecule has 0 radical (unpaired) electrons. The smallest absolute Gasteiger partial charge is 0.410 e. The second kappa shape index (κ2) is 7.62. The van der Waals surface area contributed by atoms with Gasteiger partial charge in [0.2, 0.25) is 0 Å². The van der Waals surface area contributed by atoms with Crippen molar-refractivity contribution in [2.45, 2.75) is 78.0 Å². The molecule has 3 rings (SSSR count). The van der Waals surface area contributed by atoms with Gasteiger partial charge in [0.1, 0.15) is 11.4 Å². The van der Waals surface area contributed by atoms with E-state index in [2.05, 4.69) is 14.9 Å². The maximum Gasteiger partial charge on any atom is 0.410 e. The number of aromatic amines is 1. The molecule has 2 aliphatic rings. The van der Waals surface area contributed by atoms with Crippen LogP contribution in [0.4, 0.5) is 4.79 Å². The number of hydrogen-bond acceptors (Lipinski definition) is 5. The Kier molecular flexibility index (Phi) is 5.60. The van der Waals surface area contributed by atoms with Crippen LogP contribution in [0.2, 0.25) is 0 Å². The predicted octanol–water partition coefficient (Wildman–Crippen LogP) is 2.65. The summed E-state index contributed by atoms with van der Waals surface area (Å²) in [5, 5.41) is 0. The Hall–Kier alpha value is -1.89. The summed E-state index contributed by atoms with van der Waals surface area (Å²) in [5.41, 5.74) is 1.19. The fraction of sp³-hybridized carbons (Fsp3) is 0.750. The van der Waals surface area contributed by atoms with Crippen molar-refractivity contribution in [3.05, 3.63) is 27.4 Å². The molecule has 2 aliphatic heterocycles. The number of H-pyrrole nitrogens is 1. The molecule has 1 aromatic heterocycles. The summed E-state index contributed by atoms with van der Waals surface area (Å²) in [6.07, 6.45) is 2.51. The van der Waals surface area contributed by atoms with Crippen molar-refractivity contribution in [2.24, 2.45) is 0 Å². The normalized spacial score (nSPS) is 20.8. The third kappa shape index (κ3) is 4.69. The summed E-state index contributed by atoms with van der Waals surface area (Å²) in [5.74, 6) is 0.973. The first-order valence-corrected chi connectivity index (χ1v) is 9.98. The summed E-state index contributed by atoms with van der Waals surface area (Å²) in [6, 6.07) is 0.142. The Morgan fingerprint density at radius 3 is 2.74 bits per heavy atom. The van der Waals surface area contributed by atoms with Gasteiger partial charge in [-0.3, -0.25) is 9.69 Å². The van der Waals surface area contributed by atoms with Gasteiger partial charge in [0.25, 0.3) is 5.56 Å². The molecule has 1 unspecified atom stereocenters. The Balaban J connectivity index is 1.67. The molecule has 0 aromatic carbocycles. The minimum Gasteiger partial charge on any atom is -0.444 e. The van der Waals surface area contributed by atoms with E-state index in [-0.39, 0.29) is 23.6 Å². The zero-order valence-electron chi connectivity index (χ0n) is 17.2. The van der Waals surface area contributed by atoms with Crippen molar-refractivity contribution in [3.8, 4) is 0 Å². The largest absolute Gasteiger partial charge is 0.444 e. The van der Waals surface area contributed by atoms with E-state index in [9.17, 15) is 9.59 Å². The Bertz CT molecular complexity index is 751. The SMILES string of the molecule is CC(C)c1nc2c(c(=O)[nH]1)CN(CC1CCCN1C(=O)OC(C)(C)C)CC2. The molecule has 7 heteroatoms. The third-order valence-electron chi connectivity index (χ3n) is 5.19. The van der Waals surface area contributed by atoms with Gasteiger partial charge >= 0.3 is 6.09 Å². The molecule has 1 aromatic rings. The fourth-order valence-corrected chi connectivity index (χ4v) is 3.81. The van der Waals surface area contributed by atoms with Gasteiger partial charge in [-0.25, -0.2) is 9.78 Å². The van der Waals surface area contributed by atoms with Gasteiger partial charge < -0.3 is 14.6 Å². The van der Waals surface area contributed by atoms with Gasteiger partial charge in [0, 0.05) is 44.6 Å². The second-order valence-corrected chi connectivity index (χ2v) is 8.99. The Labute approximate surface area is 161 Å². The van der Waals surface area contributed by atoms with Gasteiger partial charge in [-0.1, -0.05) is 13.8 Å². The van der Waals surface area contributed by atoms with Crippen molar-refractivity contribution in [3.63, 3.8) is 0 Å². The number of nitrogens with one attached hydrogen (secondary N) is 1. The molecule has 0 aliphatic carbocycles. The lowest BCUT2D eigenvalue weighted by atomic mass is 10.0. The van der Waals surface area contributed by atoms with Gasteiger partial charge in [-0.05, 0) is 33.6 Å². The fourth-order valence-electron chi connectivity index (χ4n) is 3.81. The first-order valence-electron chi connectivity index (χ1n) is 9.98. The van der Waals surface area contributed by atoms with E-state index >= 15 is 0 Å². The molecule has 1 amide bonds.